The van der Waals surface area contributed by atoms with Crippen molar-refractivity contribution in [2.45, 2.75) is 44.6 Å². The second-order valence-electron chi connectivity index (χ2n) is 6.02. The summed E-state index contributed by atoms with van der Waals surface area (Å²) in [6.45, 7) is 4.30. The van der Waals surface area contributed by atoms with Crippen molar-refractivity contribution in [2.24, 2.45) is 0 Å². The first kappa shape index (κ1) is 14.6. The van der Waals surface area contributed by atoms with Crippen molar-refractivity contribution in [3.05, 3.63) is 22.4 Å². The summed E-state index contributed by atoms with van der Waals surface area (Å²) in [5, 5.41) is 1.94. The molecule has 0 unspecified atom stereocenters. The van der Waals surface area contributed by atoms with Crippen LogP contribution < -0.4 is 0 Å². The van der Waals surface area contributed by atoms with Gasteiger partial charge in [-0.3, -0.25) is 9.59 Å². The number of rotatable bonds is 2. The summed E-state index contributed by atoms with van der Waals surface area (Å²) in [6.07, 6.45) is 4.66. The van der Waals surface area contributed by atoms with Crippen molar-refractivity contribution in [1.29, 1.82) is 0 Å². The Labute approximate surface area is 129 Å². The average molecular weight is 306 g/mol. The van der Waals surface area contributed by atoms with Gasteiger partial charge in [0, 0.05) is 26.1 Å². The first-order valence-electron chi connectivity index (χ1n) is 7.79. The van der Waals surface area contributed by atoms with Gasteiger partial charge in [0.25, 0.3) is 5.91 Å². The third kappa shape index (κ3) is 2.59. The van der Waals surface area contributed by atoms with E-state index < -0.39 is 0 Å². The molecule has 5 heteroatoms. The molecule has 1 aromatic rings. The number of likely N-dealkylation sites (tertiary alicyclic amines) is 2. The first-order chi connectivity index (χ1) is 10.2. The Morgan fingerprint density at radius 2 is 2.19 bits per heavy atom. The third-order valence-corrected chi connectivity index (χ3v) is 5.66. The predicted octanol–water partition coefficient (Wildman–Crippen LogP) is 2.76. The maximum Gasteiger partial charge on any atom is 0.263 e. The van der Waals surface area contributed by atoms with Crippen LogP contribution in [0.3, 0.4) is 0 Å². The number of thiophene rings is 1. The fourth-order valence-electron chi connectivity index (χ4n) is 3.88. The molecule has 3 rings (SSSR count). The summed E-state index contributed by atoms with van der Waals surface area (Å²) in [6, 6.07) is 3.80. The second-order valence-corrected chi connectivity index (χ2v) is 6.97. The number of amides is 2. The highest BCUT2D eigenvalue weighted by Crippen LogP contribution is 2.37. The van der Waals surface area contributed by atoms with Gasteiger partial charge in [-0.2, -0.15) is 0 Å². The van der Waals surface area contributed by atoms with Crippen molar-refractivity contribution in [3.8, 4) is 0 Å². The molecule has 3 heterocycles. The lowest BCUT2D eigenvalue weighted by Crippen LogP contribution is -2.63. The van der Waals surface area contributed by atoms with E-state index in [4.69, 9.17) is 0 Å². The van der Waals surface area contributed by atoms with Gasteiger partial charge in [0.1, 0.15) is 0 Å². The number of likely N-dealkylation sites (N-methyl/N-ethyl adjacent to an activating group) is 1. The average Bonchev–Trinajstić information content (AvgIpc) is 3.01. The van der Waals surface area contributed by atoms with Crippen LogP contribution in [0.1, 0.15) is 48.7 Å². The number of carbonyl (C=O) groups is 2. The minimum Gasteiger partial charge on any atom is -0.336 e. The predicted molar refractivity (Wildman–Crippen MR) is 83.4 cm³/mol. The maximum absolute atomic E-state index is 12.6. The molecule has 21 heavy (non-hydrogen) atoms. The van der Waals surface area contributed by atoms with Gasteiger partial charge in [-0.25, -0.2) is 0 Å². The number of hydrogen-bond acceptors (Lipinski definition) is 3. The number of nitrogens with zero attached hydrogens (tertiary/aromatic N) is 2. The van der Waals surface area contributed by atoms with E-state index in [1.165, 1.54) is 11.3 Å². The molecule has 1 spiro atoms. The summed E-state index contributed by atoms with van der Waals surface area (Å²) in [4.78, 5) is 29.6. The van der Waals surface area contributed by atoms with E-state index in [1.807, 2.05) is 34.2 Å². The Morgan fingerprint density at radius 3 is 2.90 bits per heavy atom. The Balaban J connectivity index is 1.81. The van der Waals surface area contributed by atoms with Gasteiger partial charge in [0.2, 0.25) is 5.91 Å². The van der Waals surface area contributed by atoms with Crippen LogP contribution in [-0.4, -0.2) is 46.8 Å². The van der Waals surface area contributed by atoms with E-state index in [1.54, 1.807) is 0 Å². The van der Waals surface area contributed by atoms with Gasteiger partial charge in [0.15, 0.2) is 0 Å². The van der Waals surface area contributed by atoms with Crippen LogP contribution in [0.2, 0.25) is 0 Å². The van der Waals surface area contributed by atoms with Gasteiger partial charge in [-0.1, -0.05) is 6.07 Å². The van der Waals surface area contributed by atoms with Gasteiger partial charge < -0.3 is 9.80 Å². The molecule has 2 fully saturated rings. The summed E-state index contributed by atoms with van der Waals surface area (Å²) < 4.78 is 0. The quantitative estimate of drug-likeness (QED) is 0.843. The van der Waals surface area contributed by atoms with Crippen molar-refractivity contribution in [1.82, 2.24) is 9.80 Å². The lowest BCUT2D eigenvalue weighted by atomic mass is 9.79. The fraction of sp³-hybridized carbons (Fsp3) is 0.625. The highest BCUT2D eigenvalue weighted by atomic mass is 32.1. The van der Waals surface area contributed by atoms with Crippen LogP contribution >= 0.6 is 11.3 Å². The Kier molecular flexibility index (Phi) is 4.02. The van der Waals surface area contributed by atoms with E-state index in [9.17, 15) is 9.59 Å². The second kappa shape index (κ2) is 5.79. The number of hydrogen-bond donors (Lipinski definition) is 0. The molecule has 0 radical (unpaired) electrons. The normalized spacial score (nSPS) is 26.4. The monoisotopic (exact) mass is 306 g/mol. The van der Waals surface area contributed by atoms with Crippen molar-refractivity contribution >= 4 is 23.2 Å². The Bertz CT molecular complexity index is 524. The van der Waals surface area contributed by atoms with Crippen LogP contribution in [0, 0.1) is 0 Å². The van der Waals surface area contributed by atoms with Gasteiger partial charge >= 0.3 is 0 Å². The molecule has 0 aromatic carbocycles. The SMILES string of the molecule is CCN1C(=O)CCC[C@@]12CCCN(C(=O)c1cccs1)C2. The zero-order valence-electron chi connectivity index (χ0n) is 12.5. The molecule has 2 aliphatic rings. The number of carbonyl (C=O) groups excluding carboxylic acids is 2. The molecule has 0 saturated carbocycles. The highest BCUT2D eigenvalue weighted by molar-refractivity contribution is 7.12. The van der Waals surface area contributed by atoms with E-state index in [-0.39, 0.29) is 17.4 Å². The largest absolute Gasteiger partial charge is 0.336 e. The molecular formula is C16H22N2O2S. The van der Waals surface area contributed by atoms with Gasteiger partial charge in [-0.05, 0) is 44.1 Å². The molecule has 1 atom stereocenters. The molecule has 4 nitrogen and oxygen atoms in total. The Morgan fingerprint density at radius 1 is 1.38 bits per heavy atom. The van der Waals surface area contributed by atoms with E-state index in [2.05, 4.69) is 0 Å². The minimum atomic E-state index is -0.116. The van der Waals surface area contributed by atoms with Crippen molar-refractivity contribution in [2.75, 3.05) is 19.6 Å². The van der Waals surface area contributed by atoms with Crippen LogP contribution in [-0.2, 0) is 4.79 Å². The van der Waals surface area contributed by atoms with Gasteiger partial charge in [0.05, 0.1) is 10.4 Å². The van der Waals surface area contributed by atoms with Crippen molar-refractivity contribution in [3.63, 3.8) is 0 Å². The lowest BCUT2D eigenvalue weighted by molar-refractivity contribution is -0.144. The Hall–Kier alpha value is -1.36. The van der Waals surface area contributed by atoms with Crippen LogP contribution in [0.15, 0.2) is 17.5 Å². The molecule has 0 aliphatic carbocycles. The smallest absolute Gasteiger partial charge is 0.263 e. The van der Waals surface area contributed by atoms with Crippen LogP contribution in [0.4, 0.5) is 0 Å². The summed E-state index contributed by atoms with van der Waals surface area (Å²) in [5.41, 5.74) is -0.116. The molecular weight excluding hydrogens is 284 g/mol. The van der Waals surface area contributed by atoms with Crippen LogP contribution in [0.25, 0.3) is 0 Å². The van der Waals surface area contributed by atoms with Crippen molar-refractivity contribution < 1.29 is 9.59 Å². The third-order valence-electron chi connectivity index (χ3n) is 4.80. The van der Waals surface area contributed by atoms with Crippen LogP contribution in [0.5, 0.6) is 0 Å². The van der Waals surface area contributed by atoms with E-state index >= 15 is 0 Å². The highest BCUT2D eigenvalue weighted by Gasteiger charge is 2.45. The van der Waals surface area contributed by atoms with E-state index in [0.29, 0.717) is 13.0 Å². The molecule has 1 aromatic heterocycles. The summed E-state index contributed by atoms with van der Waals surface area (Å²) in [7, 11) is 0. The molecule has 114 valence electrons. The summed E-state index contributed by atoms with van der Waals surface area (Å²) >= 11 is 1.50. The number of piperidine rings is 2. The zero-order valence-corrected chi connectivity index (χ0v) is 13.3. The lowest BCUT2D eigenvalue weighted by Gasteiger charge is -2.51. The summed E-state index contributed by atoms with van der Waals surface area (Å²) in [5.74, 6) is 0.382. The molecule has 0 bridgehead atoms. The zero-order chi connectivity index (χ0) is 14.9. The molecule has 2 aliphatic heterocycles. The minimum absolute atomic E-state index is 0.116. The maximum atomic E-state index is 12.6. The molecule has 2 amide bonds. The first-order valence-corrected chi connectivity index (χ1v) is 8.67. The fourth-order valence-corrected chi connectivity index (χ4v) is 4.57. The molecule has 2 saturated heterocycles. The van der Waals surface area contributed by atoms with E-state index in [0.717, 1.165) is 43.6 Å². The topological polar surface area (TPSA) is 40.6 Å². The standard InChI is InChI=1S/C16H22N2O2S/c1-2-18-14(19)7-3-8-16(18)9-5-10-17(12-16)15(20)13-6-4-11-21-13/h4,6,11H,2-3,5,7-10,12H2,1H3/t16-/m0/s1. The molecule has 0 N–H and O–H groups in total. The van der Waals surface area contributed by atoms with Gasteiger partial charge in [-0.15, -0.1) is 11.3 Å².